The Kier molecular flexibility index (Phi) is 8.13. The fourth-order valence-electron chi connectivity index (χ4n) is 6.08. The Morgan fingerprint density at radius 1 is 1.18 bits per heavy atom. The van der Waals surface area contributed by atoms with Gasteiger partial charge in [-0.05, 0) is 93.4 Å². The SMILES string of the molecule is CC#Cc1ccc(-c2ccc(C(=O)[C@@H]3CC[C@H](CNC(N)=NC)C[C@]34CC[C@H](CCO)C4)s2)s1. The van der Waals surface area contributed by atoms with Gasteiger partial charge in [0.2, 0.25) is 0 Å². The van der Waals surface area contributed by atoms with Gasteiger partial charge in [0.25, 0.3) is 0 Å². The smallest absolute Gasteiger partial charge is 0.188 e. The summed E-state index contributed by atoms with van der Waals surface area (Å²) in [5, 5.41) is 12.8. The van der Waals surface area contributed by atoms with E-state index in [0.29, 0.717) is 23.6 Å². The highest BCUT2D eigenvalue weighted by molar-refractivity contribution is 7.23. The van der Waals surface area contributed by atoms with Gasteiger partial charge in [0.1, 0.15) is 0 Å². The van der Waals surface area contributed by atoms with Gasteiger partial charge in [0, 0.05) is 35.9 Å². The molecule has 2 saturated carbocycles. The molecule has 2 aliphatic carbocycles. The number of Topliss-reactive ketones (excluding diaryl/α,β-unsaturated/α-hetero) is 1. The average molecular weight is 498 g/mol. The normalized spacial score (nSPS) is 26.9. The number of aliphatic imine (C=N–C) groups is 1. The number of aliphatic hydroxyl groups is 1. The van der Waals surface area contributed by atoms with Gasteiger partial charge in [0.05, 0.1) is 9.75 Å². The average Bonchev–Trinajstić information content (AvgIpc) is 3.58. The van der Waals surface area contributed by atoms with E-state index >= 15 is 0 Å². The number of nitrogens with one attached hydrogen (secondary N) is 1. The Morgan fingerprint density at radius 3 is 2.71 bits per heavy atom. The van der Waals surface area contributed by atoms with E-state index in [1.54, 1.807) is 29.7 Å². The molecule has 182 valence electrons. The molecule has 7 heteroatoms. The number of hydrogen-bond donors (Lipinski definition) is 3. The Labute approximate surface area is 210 Å². The second kappa shape index (κ2) is 11.1. The molecule has 2 aliphatic rings. The zero-order valence-electron chi connectivity index (χ0n) is 20.1. The first-order valence-electron chi connectivity index (χ1n) is 12.2. The fourth-order valence-corrected chi connectivity index (χ4v) is 8.08. The molecule has 0 bridgehead atoms. The largest absolute Gasteiger partial charge is 0.396 e. The molecule has 0 amide bonds. The molecule has 2 fully saturated rings. The van der Waals surface area contributed by atoms with E-state index in [9.17, 15) is 9.90 Å². The Morgan fingerprint density at radius 2 is 1.94 bits per heavy atom. The number of carbonyl (C=O) groups excluding carboxylic acids is 1. The first kappa shape index (κ1) is 25.0. The molecule has 34 heavy (non-hydrogen) atoms. The van der Waals surface area contributed by atoms with Crippen LogP contribution in [0.4, 0.5) is 0 Å². The Balaban J connectivity index is 1.53. The number of hydrogen-bond acceptors (Lipinski definition) is 5. The van der Waals surface area contributed by atoms with Crippen molar-refractivity contribution in [3.8, 4) is 21.6 Å². The number of nitrogens with two attached hydrogens (primary N) is 1. The minimum Gasteiger partial charge on any atom is -0.396 e. The molecular weight excluding hydrogens is 462 g/mol. The number of rotatable bonds is 7. The highest BCUT2D eigenvalue weighted by Crippen LogP contribution is 2.57. The lowest BCUT2D eigenvalue weighted by molar-refractivity contribution is 0.0452. The summed E-state index contributed by atoms with van der Waals surface area (Å²) in [6.45, 7) is 2.89. The topological polar surface area (TPSA) is 87.7 Å². The predicted molar refractivity (Wildman–Crippen MR) is 142 cm³/mol. The van der Waals surface area contributed by atoms with Crippen LogP contribution in [0.15, 0.2) is 29.3 Å². The summed E-state index contributed by atoms with van der Waals surface area (Å²) in [4.78, 5) is 22.1. The van der Waals surface area contributed by atoms with Crippen molar-refractivity contribution in [2.75, 3.05) is 20.2 Å². The molecule has 2 aromatic heterocycles. The first-order valence-corrected chi connectivity index (χ1v) is 13.9. The number of carbonyl (C=O) groups is 1. The van der Waals surface area contributed by atoms with Crippen molar-refractivity contribution in [3.63, 3.8) is 0 Å². The second-order valence-electron chi connectivity index (χ2n) is 9.74. The molecule has 4 rings (SSSR count). The van der Waals surface area contributed by atoms with Crippen LogP contribution in [0.3, 0.4) is 0 Å². The molecule has 0 saturated heterocycles. The molecular formula is C27H35N3O2S2. The molecule has 5 nitrogen and oxygen atoms in total. The molecule has 0 aromatic carbocycles. The number of ketones is 1. The van der Waals surface area contributed by atoms with Crippen LogP contribution in [0.1, 0.15) is 66.4 Å². The summed E-state index contributed by atoms with van der Waals surface area (Å²) < 4.78 is 0. The maximum absolute atomic E-state index is 13.9. The van der Waals surface area contributed by atoms with Crippen LogP contribution in [0.2, 0.25) is 0 Å². The quantitative estimate of drug-likeness (QED) is 0.214. The van der Waals surface area contributed by atoms with Crippen LogP contribution in [-0.2, 0) is 0 Å². The highest BCUT2D eigenvalue weighted by atomic mass is 32.1. The monoisotopic (exact) mass is 497 g/mol. The molecule has 2 heterocycles. The standard InChI is InChI=1S/C27H35N3O2S2/c1-3-4-20-6-8-22(33-20)23-9-10-24(34-23)25(32)21-7-5-19(17-30-26(28)29-2)16-27(21)13-11-18(15-27)12-14-31/h6,8-10,18-19,21,31H,5,7,11-17H2,1-2H3,(H3,28,29,30)/t18-,19+,21+,27-/m1/s1. The van der Waals surface area contributed by atoms with Crippen LogP contribution in [0.5, 0.6) is 0 Å². The molecule has 0 unspecified atom stereocenters. The van der Waals surface area contributed by atoms with E-state index in [-0.39, 0.29) is 17.9 Å². The van der Waals surface area contributed by atoms with Crippen LogP contribution < -0.4 is 11.1 Å². The summed E-state index contributed by atoms with van der Waals surface area (Å²) >= 11 is 3.30. The van der Waals surface area contributed by atoms with Crippen molar-refractivity contribution in [1.29, 1.82) is 0 Å². The third-order valence-electron chi connectivity index (χ3n) is 7.66. The maximum Gasteiger partial charge on any atom is 0.188 e. The van der Waals surface area contributed by atoms with Gasteiger partial charge >= 0.3 is 0 Å². The van der Waals surface area contributed by atoms with Crippen molar-refractivity contribution in [1.82, 2.24) is 5.32 Å². The summed E-state index contributed by atoms with van der Waals surface area (Å²) in [6.07, 6.45) is 7.04. The van der Waals surface area contributed by atoms with Crippen LogP contribution >= 0.6 is 22.7 Å². The molecule has 4 atom stereocenters. The van der Waals surface area contributed by atoms with E-state index < -0.39 is 0 Å². The van der Waals surface area contributed by atoms with Crippen molar-refractivity contribution < 1.29 is 9.90 Å². The van der Waals surface area contributed by atoms with E-state index in [0.717, 1.165) is 66.1 Å². The minimum absolute atomic E-state index is 0.0244. The van der Waals surface area contributed by atoms with Crippen molar-refractivity contribution in [2.24, 2.45) is 33.9 Å². The second-order valence-corrected chi connectivity index (χ2v) is 11.9. The van der Waals surface area contributed by atoms with Crippen LogP contribution in [0, 0.1) is 35.0 Å². The van der Waals surface area contributed by atoms with Gasteiger partial charge in [-0.1, -0.05) is 5.92 Å². The Bertz CT molecular complexity index is 1090. The van der Waals surface area contributed by atoms with Gasteiger partial charge in [-0.15, -0.1) is 28.6 Å². The molecule has 2 aromatic rings. The first-order chi connectivity index (χ1) is 16.5. The van der Waals surface area contributed by atoms with E-state index in [2.05, 4.69) is 40.3 Å². The molecule has 0 aliphatic heterocycles. The van der Waals surface area contributed by atoms with Gasteiger partial charge in [-0.25, -0.2) is 0 Å². The van der Waals surface area contributed by atoms with E-state index in [4.69, 9.17) is 5.73 Å². The maximum atomic E-state index is 13.9. The third-order valence-corrected chi connectivity index (χ3v) is 9.95. The summed E-state index contributed by atoms with van der Waals surface area (Å²) in [5.74, 6) is 7.92. The molecule has 1 spiro atoms. The highest BCUT2D eigenvalue weighted by Gasteiger charge is 2.51. The summed E-state index contributed by atoms with van der Waals surface area (Å²) in [7, 11) is 1.69. The molecule has 4 N–H and O–H groups in total. The fraction of sp³-hybridized carbons (Fsp3) is 0.556. The van der Waals surface area contributed by atoms with Crippen molar-refractivity contribution in [3.05, 3.63) is 34.0 Å². The van der Waals surface area contributed by atoms with Crippen LogP contribution in [-0.4, -0.2) is 37.0 Å². The lowest BCUT2D eigenvalue weighted by atomic mass is 9.60. The van der Waals surface area contributed by atoms with Gasteiger partial charge in [-0.2, -0.15) is 0 Å². The lowest BCUT2D eigenvalue weighted by Gasteiger charge is -2.44. The number of aliphatic hydroxyl groups excluding tert-OH is 1. The third kappa shape index (κ3) is 5.40. The van der Waals surface area contributed by atoms with Crippen LogP contribution in [0.25, 0.3) is 9.75 Å². The summed E-state index contributed by atoms with van der Waals surface area (Å²) in [6, 6.07) is 8.27. The number of thiophene rings is 2. The predicted octanol–water partition coefficient (Wildman–Crippen LogP) is 5.15. The van der Waals surface area contributed by atoms with Crippen molar-refractivity contribution >= 4 is 34.4 Å². The summed E-state index contributed by atoms with van der Waals surface area (Å²) in [5.41, 5.74) is 5.89. The zero-order valence-corrected chi connectivity index (χ0v) is 21.7. The Hall–Kier alpha value is -2.14. The van der Waals surface area contributed by atoms with Gasteiger partial charge in [0.15, 0.2) is 11.7 Å². The van der Waals surface area contributed by atoms with E-state index in [1.165, 1.54) is 4.88 Å². The zero-order chi connectivity index (χ0) is 24.1. The van der Waals surface area contributed by atoms with E-state index in [1.807, 2.05) is 13.0 Å². The lowest BCUT2D eigenvalue weighted by Crippen LogP contribution is -2.44. The number of guanidine groups is 1. The van der Waals surface area contributed by atoms with Gasteiger partial charge in [-0.3, -0.25) is 9.79 Å². The number of nitrogens with zero attached hydrogens (tertiary/aromatic N) is 1. The van der Waals surface area contributed by atoms with Crippen molar-refractivity contribution in [2.45, 2.75) is 51.9 Å². The van der Waals surface area contributed by atoms with Gasteiger partial charge < -0.3 is 16.2 Å². The minimum atomic E-state index is 0.0244. The molecule has 0 radical (unpaired) electrons.